The molecule has 4 aliphatic rings. The minimum absolute atomic E-state index is 0.111. The lowest BCUT2D eigenvalue weighted by atomic mass is 9.62. The maximum Gasteiger partial charge on any atom is 0.166 e. The van der Waals surface area contributed by atoms with Gasteiger partial charge in [0.2, 0.25) is 0 Å². The number of aromatic nitrogens is 1. The highest BCUT2D eigenvalue weighted by atomic mass is 16.5. The van der Waals surface area contributed by atoms with Gasteiger partial charge < -0.3 is 4.74 Å². The van der Waals surface area contributed by atoms with Gasteiger partial charge in [-0.1, -0.05) is 25.1 Å². The quantitative estimate of drug-likeness (QED) is 0.627. The van der Waals surface area contributed by atoms with Gasteiger partial charge in [-0.25, -0.2) is 0 Å². The molecule has 3 heteroatoms. The molecular formula is C26H25NO2. The van der Waals surface area contributed by atoms with Gasteiger partial charge in [-0.3, -0.25) is 9.78 Å². The highest BCUT2D eigenvalue weighted by Gasteiger charge is 2.51. The van der Waals surface area contributed by atoms with Gasteiger partial charge in [-0.05, 0) is 66.0 Å². The lowest BCUT2D eigenvalue weighted by Crippen LogP contribution is -2.42. The number of rotatable bonds is 1. The number of pyridine rings is 1. The number of ether oxygens (including phenoxy) is 1. The Bertz CT molecular complexity index is 1140. The van der Waals surface area contributed by atoms with Crippen molar-refractivity contribution in [3.05, 3.63) is 71.3 Å². The molecule has 1 fully saturated rings. The van der Waals surface area contributed by atoms with E-state index < -0.39 is 0 Å². The van der Waals surface area contributed by atoms with Crippen LogP contribution in [0.4, 0.5) is 0 Å². The van der Waals surface area contributed by atoms with Crippen LogP contribution in [0.25, 0.3) is 16.3 Å². The Morgan fingerprint density at radius 2 is 2.07 bits per heavy atom. The van der Waals surface area contributed by atoms with Crippen molar-refractivity contribution in [2.75, 3.05) is 0 Å². The number of Topliss-reactive ketones (excluding diaryl/α,β-unsaturated/α-hetero) is 1. The second-order valence-electron chi connectivity index (χ2n) is 9.19. The van der Waals surface area contributed by atoms with Crippen molar-refractivity contribution in [2.24, 2.45) is 11.3 Å². The molecule has 6 rings (SSSR count). The normalized spacial score (nSPS) is 30.9. The molecule has 0 bridgehead atoms. The molecule has 3 atom stereocenters. The van der Waals surface area contributed by atoms with Gasteiger partial charge in [0.1, 0.15) is 11.9 Å². The smallest absolute Gasteiger partial charge is 0.166 e. The molecule has 0 unspecified atom stereocenters. The monoisotopic (exact) mass is 383 g/mol. The first-order valence-corrected chi connectivity index (χ1v) is 10.8. The predicted molar refractivity (Wildman–Crippen MR) is 114 cm³/mol. The number of carbonyl (C=O) groups excluding carboxylic acids is 1. The fourth-order valence-electron chi connectivity index (χ4n) is 5.99. The van der Waals surface area contributed by atoms with E-state index in [1.54, 1.807) is 0 Å². The Morgan fingerprint density at radius 1 is 1.14 bits per heavy atom. The zero-order chi connectivity index (χ0) is 19.6. The van der Waals surface area contributed by atoms with E-state index in [4.69, 9.17) is 4.74 Å². The molecule has 29 heavy (non-hydrogen) atoms. The molecule has 0 N–H and O–H groups in total. The van der Waals surface area contributed by atoms with Crippen LogP contribution in [0, 0.1) is 11.3 Å². The third-order valence-corrected chi connectivity index (χ3v) is 7.63. The molecular weight excluding hydrogens is 358 g/mol. The van der Waals surface area contributed by atoms with Crippen molar-refractivity contribution < 1.29 is 9.53 Å². The van der Waals surface area contributed by atoms with Crippen LogP contribution in [0.5, 0.6) is 0 Å². The number of ketones is 1. The zero-order valence-corrected chi connectivity index (χ0v) is 16.8. The summed E-state index contributed by atoms with van der Waals surface area (Å²) in [6, 6.07) is 8.83. The molecule has 0 saturated heterocycles. The van der Waals surface area contributed by atoms with Crippen molar-refractivity contribution in [1.82, 2.24) is 4.98 Å². The van der Waals surface area contributed by atoms with E-state index in [1.807, 2.05) is 12.4 Å². The fourth-order valence-corrected chi connectivity index (χ4v) is 5.99. The summed E-state index contributed by atoms with van der Waals surface area (Å²) in [5, 5.41) is 2.42. The Kier molecular flexibility index (Phi) is 3.65. The lowest BCUT2D eigenvalue weighted by Gasteiger charge is -2.47. The van der Waals surface area contributed by atoms with Crippen molar-refractivity contribution in [3.8, 4) is 0 Å². The predicted octanol–water partition coefficient (Wildman–Crippen LogP) is 5.77. The molecule has 1 saturated carbocycles. The second kappa shape index (κ2) is 6.16. The Hall–Kier alpha value is -2.68. The van der Waals surface area contributed by atoms with E-state index in [9.17, 15) is 4.79 Å². The minimum Gasteiger partial charge on any atom is -0.489 e. The number of carbonyl (C=O) groups is 1. The van der Waals surface area contributed by atoms with E-state index in [2.05, 4.69) is 48.3 Å². The van der Waals surface area contributed by atoms with Gasteiger partial charge in [-0.2, -0.15) is 0 Å². The van der Waals surface area contributed by atoms with Crippen LogP contribution in [0.15, 0.2) is 65.7 Å². The molecule has 146 valence electrons. The highest BCUT2D eigenvalue weighted by molar-refractivity contribution is 5.99. The molecule has 2 heterocycles. The van der Waals surface area contributed by atoms with Gasteiger partial charge in [-0.15, -0.1) is 0 Å². The lowest BCUT2D eigenvalue weighted by molar-refractivity contribution is -0.116. The summed E-state index contributed by atoms with van der Waals surface area (Å²) in [5.74, 6) is 1.66. The van der Waals surface area contributed by atoms with Crippen molar-refractivity contribution in [1.29, 1.82) is 0 Å². The summed E-state index contributed by atoms with van der Waals surface area (Å²) in [6.45, 7) is 2.42. The molecule has 2 aromatic rings. The summed E-state index contributed by atoms with van der Waals surface area (Å²) in [5.41, 5.74) is 5.09. The minimum atomic E-state index is 0.111. The first-order chi connectivity index (χ1) is 14.1. The van der Waals surface area contributed by atoms with E-state index in [0.717, 1.165) is 43.4 Å². The summed E-state index contributed by atoms with van der Waals surface area (Å²) in [7, 11) is 0. The van der Waals surface area contributed by atoms with Gasteiger partial charge >= 0.3 is 0 Å². The molecule has 3 nitrogen and oxygen atoms in total. The van der Waals surface area contributed by atoms with E-state index >= 15 is 0 Å². The number of allylic oxidation sites excluding steroid dienone is 5. The Balaban J connectivity index is 1.35. The van der Waals surface area contributed by atoms with Crippen LogP contribution in [-0.4, -0.2) is 16.9 Å². The van der Waals surface area contributed by atoms with Crippen LogP contribution in [0.1, 0.15) is 51.0 Å². The topological polar surface area (TPSA) is 39.2 Å². The van der Waals surface area contributed by atoms with Gasteiger partial charge in [0.15, 0.2) is 5.78 Å². The first kappa shape index (κ1) is 17.2. The van der Waals surface area contributed by atoms with Crippen molar-refractivity contribution in [2.45, 2.75) is 51.6 Å². The van der Waals surface area contributed by atoms with Gasteiger partial charge in [0, 0.05) is 42.0 Å². The SMILES string of the molecule is C[C@]12CCC3=CC4=C(CCCC4=O)O[C@H]3[C@@H]1CC=C2c1ccc2cnccc2c1. The summed E-state index contributed by atoms with van der Waals surface area (Å²) in [4.78, 5) is 16.6. The van der Waals surface area contributed by atoms with Crippen LogP contribution in [-0.2, 0) is 9.53 Å². The van der Waals surface area contributed by atoms with Crippen molar-refractivity contribution >= 4 is 22.1 Å². The summed E-state index contributed by atoms with van der Waals surface area (Å²) in [6.07, 6.45) is 14.2. The first-order valence-electron chi connectivity index (χ1n) is 10.8. The molecule has 3 aliphatic carbocycles. The average Bonchev–Trinajstić information content (AvgIpc) is 3.10. The molecule has 0 amide bonds. The number of nitrogens with zero attached hydrogens (tertiary/aromatic N) is 1. The number of benzene rings is 1. The largest absolute Gasteiger partial charge is 0.489 e. The summed E-state index contributed by atoms with van der Waals surface area (Å²) >= 11 is 0. The number of hydrogen-bond acceptors (Lipinski definition) is 3. The van der Waals surface area contributed by atoms with E-state index in [0.29, 0.717) is 12.3 Å². The third kappa shape index (κ3) is 2.49. The molecule has 0 radical (unpaired) electrons. The maximum absolute atomic E-state index is 12.3. The average molecular weight is 383 g/mol. The van der Waals surface area contributed by atoms with Gasteiger partial charge in [0.25, 0.3) is 0 Å². The number of fused-ring (bicyclic) bond motifs is 4. The standard InChI is InChI=1S/C26H25NO2/c1-26-11-9-18-14-20-23(28)3-2-4-24(20)29-25(18)22(26)8-7-21(26)17-5-6-19-15-27-12-10-16(19)13-17/h5-7,10,12-15,22,25H,2-4,8-9,11H2,1H3/t22-,25+,26+/m0/s1. The zero-order valence-electron chi connectivity index (χ0n) is 16.8. The Morgan fingerprint density at radius 3 is 3.00 bits per heavy atom. The number of hydrogen-bond donors (Lipinski definition) is 0. The molecule has 0 spiro atoms. The van der Waals surface area contributed by atoms with Crippen LogP contribution < -0.4 is 0 Å². The molecule has 1 aromatic carbocycles. The second-order valence-corrected chi connectivity index (χ2v) is 9.19. The summed E-state index contributed by atoms with van der Waals surface area (Å²) < 4.78 is 6.55. The van der Waals surface area contributed by atoms with Crippen LogP contribution in [0.3, 0.4) is 0 Å². The Labute approximate surface area is 171 Å². The third-order valence-electron chi connectivity index (χ3n) is 7.63. The molecule has 1 aliphatic heterocycles. The van der Waals surface area contributed by atoms with Crippen molar-refractivity contribution in [3.63, 3.8) is 0 Å². The maximum atomic E-state index is 12.3. The van der Waals surface area contributed by atoms with Gasteiger partial charge in [0.05, 0.1) is 5.57 Å². The van der Waals surface area contributed by atoms with E-state index in [-0.39, 0.29) is 17.3 Å². The molecule has 1 aromatic heterocycles. The van der Waals surface area contributed by atoms with Crippen LogP contribution in [0.2, 0.25) is 0 Å². The fraction of sp³-hybridized carbons (Fsp3) is 0.385. The van der Waals surface area contributed by atoms with Crippen LogP contribution >= 0.6 is 0 Å². The van der Waals surface area contributed by atoms with E-state index in [1.165, 1.54) is 27.5 Å². The highest BCUT2D eigenvalue weighted by Crippen LogP contribution is 2.59.